The van der Waals surface area contributed by atoms with Crippen LogP contribution in [0.15, 0.2) is 60.7 Å². The summed E-state index contributed by atoms with van der Waals surface area (Å²) in [5, 5.41) is 8.71. The summed E-state index contributed by atoms with van der Waals surface area (Å²) < 4.78 is 7.75. The molecule has 6 heteroatoms. The summed E-state index contributed by atoms with van der Waals surface area (Å²) in [5.74, 6) is 2.61. The molecule has 0 saturated heterocycles. The highest BCUT2D eigenvalue weighted by atomic mass is 16.5. The molecule has 2 heterocycles. The lowest BCUT2D eigenvalue weighted by Crippen LogP contribution is -2.37. The van der Waals surface area contributed by atoms with Crippen molar-refractivity contribution in [1.82, 2.24) is 19.7 Å². The minimum Gasteiger partial charge on any atom is -0.484 e. The summed E-state index contributed by atoms with van der Waals surface area (Å²) in [7, 11) is 0. The molecule has 0 saturated carbocycles. The molecule has 0 aliphatic carbocycles. The molecule has 138 valence electrons. The van der Waals surface area contributed by atoms with Crippen LogP contribution in [0.1, 0.15) is 17.2 Å². The lowest BCUT2D eigenvalue weighted by atomic mass is 10.1. The molecule has 1 aromatic heterocycles. The zero-order valence-corrected chi connectivity index (χ0v) is 15.1. The van der Waals surface area contributed by atoms with E-state index in [1.54, 1.807) is 0 Å². The quantitative estimate of drug-likeness (QED) is 0.699. The van der Waals surface area contributed by atoms with Crippen LogP contribution < -0.4 is 4.74 Å². The van der Waals surface area contributed by atoms with Gasteiger partial charge in [0.25, 0.3) is 5.91 Å². The Bertz CT molecular complexity index is 893. The fraction of sp³-hybridized carbons (Fsp3) is 0.286. The Labute approximate surface area is 158 Å². The maximum atomic E-state index is 12.5. The molecule has 0 fully saturated rings. The number of hydrogen-bond acceptors (Lipinski definition) is 4. The van der Waals surface area contributed by atoms with Gasteiger partial charge < -0.3 is 14.2 Å². The molecular weight excluding hydrogens is 340 g/mol. The van der Waals surface area contributed by atoms with Crippen molar-refractivity contribution in [3.63, 3.8) is 0 Å². The van der Waals surface area contributed by atoms with Crippen LogP contribution in [0.5, 0.6) is 5.75 Å². The van der Waals surface area contributed by atoms with E-state index in [1.807, 2.05) is 53.4 Å². The molecular formula is C21H22N4O2. The first-order valence-electron chi connectivity index (χ1n) is 9.20. The highest BCUT2D eigenvalue weighted by Crippen LogP contribution is 2.14. The number of nitrogens with zero attached hydrogens (tertiary/aromatic N) is 4. The van der Waals surface area contributed by atoms with E-state index in [4.69, 9.17) is 4.74 Å². The maximum Gasteiger partial charge on any atom is 0.260 e. The second kappa shape index (κ2) is 8.03. The summed E-state index contributed by atoms with van der Waals surface area (Å²) in [6, 6.07) is 19.7. The van der Waals surface area contributed by atoms with Crippen LogP contribution in [0.2, 0.25) is 0 Å². The smallest absolute Gasteiger partial charge is 0.260 e. The zero-order chi connectivity index (χ0) is 18.5. The number of hydrogen-bond donors (Lipinski definition) is 0. The fourth-order valence-electron chi connectivity index (χ4n) is 3.29. The van der Waals surface area contributed by atoms with Gasteiger partial charge in [0.2, 0.25) is 0 Å². The molecule has 2 aromatic carbocycles. The summed E-state index contributed by atoms with van der Waals surface area (Å²) in [6.07, 6.45) is 1.46. The third kappa shape index (κ3) is 4.16. The Morgan fingerprint density at radius 3 is 2.44 bits per heavy atom. The molecule has 0 spiro atoms. The average Bonchev–Trinajstić information content (AvgIpc) is 2.96. The normalized spacial score (nSPS) is 13.7. The van der Waals surface area contributed by atoms with Crippen LogP contribution in [-0.4, -0.2) is 45.3 Å². The van der Waals surface area contributed by atoms with Crippen molar-refractivity contribution < 1.29 is 9.53 Å². The van der Waals surface area contributed by atoms with Crippen molar-refractivity contribution in [3.05, 3.63) is 77.9 Å². The molecule has 1 amide bonds. The van der Waals surface area contributed by atoms with Gasteiger partial charge in [-0.3, -0.25) is 4.79 Å². The lowest BCUT2D eigenvalue weighted by molar-refractivity contribution is -0.133. The van der Waals surface area contributed by atoms with Gasteiger partial charge in [-0.05, 0) is 17.7 Å². The average molecular weight is 362 g/mol. The van der Waals surface area contributed by atoms with Gasteiger partial charge in [-0.15, -0.1) is 10.2 Å². The number of aromatic nitrogens is 3. The molecule has 4 rings (SSSR count). The molecule has 0 bridgehead atoms. The Hall–Kier alpha value is -3.15. The van der Waals surface area contributed by atoms with Gasteiger partial charge in [-0.2, -0.15) is 0 Å². The highest BCUT2D eigenvalue weighted by molar-refractivity contribution is 5.77. The van der Waals surface area contributed by atoms with Crippen molar-refractivity contribution in [3.8, 4) is 5.75 Å². The maximum absolute atomic E-state index is 12.5. The fourth-order valence-corrected chi connectivity index (χ4v) is 3.29. The summed E-state index contributed by atoms with van der Waals surface area (Å²) in [5.41, 5.74) is 1.21. The Balaban J connectivity index is 1.37. The Kier molecular flexibility index (Phi) is 5.14. The van der Waals surface area contributed by atoms with Gasteiger partial charge >= 0.3 is 0 Å². The topological polar surface area (TPSA) is 60.2 Å². The molecule has 0 N–H and O–H groups in total. The number of rotatable bonds is 5. The SMILES string of the molecule is O=C(COc1ccccc1)N1CCc2nnc(Cc3ccccc3)n2CC1. The Morgan fingerprint density at radius 1 is 0.926 bits per heavy atom. The van der Waals surface area contributed by atoms with Crippen molar-refractivity contribution in [2.75, 3.05) is 19.7 Å². The molecule has 3 aromatic rings. The lowest BCUT2D eigenvalue weighted by Gasteiger charge is -2.20. The van der Waals surface area contributed by atoms with Gasteiger partial charge in [0.1, 0.15) is 17.4 Å². The first-order valence-corrected chi connectivity index (χ1v) is 9.20. The first-order chi connectivity index (χ1) is 13.3. The second-order valence-electron chi connectivity index (χ2n) is 6.58. The van der Waals surface area contributed by atoms with Crippen LogP contribution in [0.4, 0.5) is 0 Å². The molecule has 6 nitrogen and oxygen atoms in total. The molecule has 1 aliphatic heterocycles. The van der Waals surface area contributed by atoms with Gasteiger partial charge in [0.15, 0.2) is 6.61 Å². The second-order valence-corrected chi connectivity index (χ2v) is 6.58. The predicted molar refractivity (Wildman–Crippen MR) is 101 cm³/mol. The molecule has 0 unspecified atom stereocenters. The van der Waals surface area contributed by atoms with Crippen LogP contribution >= 0.6 is 0 Å². The standard InChI is InChI=1S/C21H22N4O2/c26-21(16-27-18-9-5-2-6-10-18)24-12-11-19-22-23-20(25(19)14-13-24)15-17-7-3-1-4-8-17/h1-10H,11-16H2. The van der Waals surface area contributed by atoms with Gasteiger partial charge in [0.05, 0.1) is 0 Å². The van der Waals surface area contributed by atoms with E-state index < -0.39 is 0 Å². The van der Waals surface area contributed by atoms with E-state index in [-0.39, 0.29) is 12.5 Å². The minimum atomic E-state index is 0.00201. The minimum absolute atomic E-state index is 0.00201. The summed E-state index contributed by atoms with van der Waals surface area (Å²) >= 11 is 0. The van der Waals surface area contributed by atoms with Gasteiger partial charge in [-0.1, -0.05) is 48.5 Å². The number of carbonyl (C=O) groups is 1. The molecule has 0 radical (unpaired) electrons. The van der Waals surface area contributed by atoms with E-state index >= 15 is 0 Å². The predicted octanol–water partition coefficient (Wildman–Crippen LogP) is 2.33. The molecule has 0 atom stereocenters. The van der Waals surface area contributed by atoms with Crippen LogP contribution in [-0.2, 0) is 24.2 Å². The van der Waals surface area contributed by atoms with Crippen LogP contribution in [0, 0.1) is 0 Å². The summed E-state index contributed by atoms with van der Waals surface area (Å²) in [6.45, 7) is 2.05. The van der Waals surface area contributed by atoms with Crippen LogP contribution in [0.3, 0.4) is 0 Å². The number of amides is 1. The van der Waals surface area contributed by atoms with Crippen molar-refractivity contribution >= 4 is 5.91 Å². The number of carbonyl (C=O) groups excluding carboxylic acids is 1. The molecule has 1 aliphatic rings. The van der Waals surface area contributed by atoms with E-state index in [0.717, 1.165) is 18.1 Å². The third-order valence-corrected chi connectivity index (χ3v) is 4.77. The van der Waals surface area contributed by atoms with Crippen molar-refractivity contribution in [2.24, 2.45) is 0 Å². The van der Waals surface area contributed by atoms with Crippen LogP contribution in [0.25, 0.3) is 0 Å². The Morgan fingerprint density at radius 2 is 1.67 bits per heavy atom. The largest absolute Gasteiger partial charge is 0.484 e. The number of fused-ring (bicyclic) bond motifs is 1. The number of para-hydroxylation sites is 1. The van der Waals surface area contributed by atoms with Crippen molar-refractivity contribution in [2.45, 2.75) is 19.4 Å². The van der Waals surface area contributed by atoms with E-state index in [9.17, 15) is 4.79 Å². The van der Waals surface area contributed by atoms with Gasteiger partial charge in [0, 0.05) is 32.5 Å². The highest BCUT2D eigenvalue weighted by Gasteiger charge is 2.22. The number of benzene rings is 2. The molecule has 27 heavy (non-hydrogen) atoms. The van der Waals surface area contributed by atoms with E-state index in [1.165, 1.54) is 5.56 Å². The number of ether oxygens (including phenoxy) is 1. The van der Waals surface area contributed by atoms with E-state index in [2.05, 4.69) is 26.9 Å². The summed E-state index contributed by atoms with van der Waals surface area (Å²) in [4.78, 5) is 14.4. The van der Waals surface area contributed by atoms with E-state index in [0.29, 0.717) is 31.8 Å². The van der Waals surface area contributed by atoms with Gasteiger partial charge in [-0.25, -0.2) is 0 Å². The van der Waals surface area contributed by atoms with Crippen molar-refractivity contribution in [1.29, 1.82) is 0 Å². The monoisotopic (exact) mass is 362 g/mol. The zero-order valence-electron chi connectivity index (χ0n) is 15.1. The first kappa shape index (κ1) is 17.3. The third-order valence-electron chi connectivity index (χ3n) is 4.77.